The Morgan fingerprint density at radius 3 is 2.34 bits per heavy atom. The van der Waals surface area contributed by atoms with Crippen LogP contribution >= 0.6 is 0 Å². The van der Waals surface area contributed by atoms with Crippen LogP contribution in [0.15, 0.2) is 24.3 Å². The fourth-order valence-corrected chi connectivity index (χ4v) is 4.22. The quantitative estimate of drug-likeness (QED) is 0.390. The van der Waals surface area contributed by atoms with Crippen LogP contribution in [0.1, 0.15) is 39.4 Å². The number of ketones is 1. The van der Waals surface area contributed by atoms with Crippen LogP contribution in [-0.2, 0) is 18.3 Å². The van der Waals surface area contributed by atoms with Crippen LogP contribution in [0.2, 0.25) is 0 Å². The van der Waals surface area contributed by atoms with Gasteiger partial charge in [-0.2, -0.15) is 10.1 Å². The van der Waals surface area contributed by atoms with E-state index in [0.717, 1.165) is 29.7 Å². The first kappa shape index (κ1) is 24.2. The number of ether oxygens (including phenoxy) is 1. The largest absolute Gasteiger partial charge is 0.479 e. The van der Waals surface area contributed by atoms with Crippen LogP contribution < -0.4 is 4.74 Å². The van der Waals surface area contributed by atoms with E-state index >= 15 is 0 Å². The summed E-state index contributed by atoms with van der Waals surface area (Å²) in [6.45, 7) is 1.04. The molecule has 2 aromatic heterocycles. The summed E-state index contributed by atoms with van der Waals surface area (Å²) >= 11 is 0. The third kappa shape index (κ3) is 4.84. The molecule has 0 bridgehead atoms. The number of fused-ring (bicyclic) bond motifs is 1. The van der Waals surface area contributed by atoms with Gasteiger partial charge in [-0.25, -0.2) is 14.1 Å². The molecule has 184 valence electrons. The number of Topliss-reactive ketones (excluding diaryl/α,β-unsaturated/α-hetero) is 1. The third-order valence-corrected chi connectivity index (χ3v) is 6.18. The number of methoxy groups -OCH3 is 1. The summed E-state index contributed by atoms with van der Waals surface area (Å²) in [6.07, 6.45) is 2.39. The molecule has 0 spiro atoms. The highest BCUT2D eigenvalue weighted by Crippen LogP contribution is 2.26. The third-order valence-electron chi connectivity index (χ3n) is 6.18. The number of nitrogens with zero attached hydrogens (tertiary/aromatic N) is 6. The van der Waals surface area contributed by atoms with E-state index in [2.05, 4.69) is 15.1 Å². The average molecular weight is 483 g/mol. The van der Waals surface area contributed by atoms with Crippen LogP contribution in [0.5, 0.6) is 5.88 Å². The number of likely N-dealkylation sites (N-methyl/N-ethyl adjacent to an activating group) is 1. The Bertz CT molecular complexity index is 1280. The van der Waals surface area contributed by atoms with Crippen LogP contribution in [-0.4, -0.2) is 81.4 Å². The number of halogens is 1. The average Bonchev–Trinajstić information content (AvgIpc) is 3.19. The number of benzene rings is 1. The lowest BCUT2D eigenvalue weighted by atomic mass is 9.90. The highest BCUT2D eigenvalue weighted by Gasteiger charge is 2.31. The lowest BCUT2D eigenvalue weighted by Crippen LogP contribution is -2.39. The molecular formula is C24H27FN6O4. The Morgan fingerprint density at radius 2 is 1.74 bits per heavy atom. The van der Waals surface area contributed by atoms with Gasteiger partial charge in [0.05, 0.1) is 7.11 Å². The Labute approximate surface area is 201 Å². The molecule has 11 heteroatoms. The van der Waals surface area contributed by atoms with Crippen molar-refractivity contribution in [3.63, 3.8) is 0 Å². The van der Waals surface area contributed by atoms with E-state index in [-0.39, 0.29) is 40.2 Å². The standard InChI is InChI=1S/C24H27FN6O4/c1-29(2)24(34)20(32)17-18-21(30(3)28-17)27-22(35-4)19(26-18)23(33)31-11-9-15(10-12-31)13-14-5-7-16(25)8-6-14/h5-8,15H,9-13H2,1-4H3. The van der Waals surface area contributed by atoms with Gasteiger partial charge in [-0.05, 0) is 42.9 Å². The van der Waals surface area contributed by atoms with Crippen molar-refractivity contribution in [2.24, 2.45) is 13.0 Å². The molecule has 1 fully saturated rings. The molecule has 1 aliphatic rings. The number of rotatable bonds is 6. The van der Waals surface area contributed by atoms with Crippen molar-refractivity contribution in [1.29, 1.82) is 0 Å². The summed E-state index contributed by atoms with van der Waals surface area (Å²) in [6, 6.07) is 6.49. The molecule has 2 amide bonds. The molecule has 35 heavy (non-hydrogen) atoms. The number of piperidine rings is 1. The molecule has 1 saturated heterocycles. The van der Waals surface area contributed by atoms with Gasteiger partial charge < -0.3 is 14.5 Å². The van der Waals surface area contributed by atoms with Gasteiger partial charge in [-0.3, -0.25) is 14.4 Å². The molecule has 0 saturated carbocycles. The zero-order valence-corrected chi connectivity index (χ0v) is 20.1. The summed E-state index contributed by atoms with van der Waals surface area (Å²) < 4.78 is 19.8. The number of carbonyl (C=O) groups is 3. The van der Waals surface area contributed by atoms with Gasteiger partial charge >= 0.3 is 0 Å². The Balaban J connectivity index is 1.56. The van der Waals surface area contributed by atoms with Crippen molar-refractivity contribution in [2.45, 2.75) is 19.3 Å². The van der Waals surface area contributed by atoms with Gasteiger partial charge in [0.2, 0.25) is 5.88 Å². The number of amides is 2. The van der Waals surface area contributed by atoms with Crippen LogP contribution in [0.4, 0.5) is 4.39 Å². The number of hydrogen-bond donors (Lipinski definition) is 0. The molecule has 0 unspecified atom stereocenters. The molecule has 0 radical (unpaired) electrons. The summed E-state index contributed by atoms with van der Waals surface area (Å²) in [5, 5.41) is 4.13. The summed E-state index contributed by atoms with van der Waals surface area (Å²) in [5.41, 5.74) is 1.17. The smallest absolute Gasteiger partial charge is 0.296 e. The van der Waals surface area contributed by atoms with Crippen molar-refractivity contribution < 1.29 is 23.5 Å². The van der Waals surface area contributed by atoms with E-state index in [0.29, 0.717) is 19.0 Å². The summed E-state index contributed by atoms with van der Waals surface area (Å²) in [4.78, 5) is 49.9. The predicted octanol–water partition coefficient (Wildman–Crippen LogP) is 1.88. The van der Waals surface area contributed by atoms with Gasteiger partial charge in [0.25, 0.3) is 17.6 Å². The van der Waals surface area contributed by atoms with E-state index in [1.807, 2.05) is 0 Å². The Hall–Kier alpha value is -3.89. The lowest BCUT2D eigenvalue weighted by molar-refractivity contribution is -0.124. The summed E-state index contributed by atoms with van der Waals surface area (Å²) in [5.74, 6) is -1.81. The normalized spacial score (nSPS) is 14.3. The molecular weight excluding hydrogens is 455 g/mol. The Kier molecular flexibility index (Phi) is 6.77. The first-order valence-electron chi connectivity index (χ1n) is 11.3. The molecule has 0 N–H and O–H groups in total. The SMILES string of the molecule is COc1nc2c(nc1C(=O)N1CCC(Cc3ccc(F)cc3)CC1)c(C(=O)C(=O)N(C)C)nn2C. The van der Waals surface area contributed by atoms with Crippen LogP contribution in [0, 0.1) is 11.7 Å². The van der Waals surface area contributed by atoms with Gasteiger partial charge in [-0.1, -0.05) is 12.1 Å². The van der Waals surface area contributed by atoms with Gasteiger partial charge in [0.1, 0.15) is 11.3 Å². The van der Waals surface area contributed by atoms with E-state index in [9.17, 15) is 18.8 Å². The molecule has 3 aromatic rings. The lowest BCUT2D eigenvalue weighted by Gasteiger charge is -2.32. The van der Waals surface area contributed by atoms with Crippen molar-refractivity contribution in [2.75, 3.05) is 34.3 Å². The highest BCUT2D eigenvalue weighted by atomic mass is 19.1. The molecule has 4 rings (SSSR count). The minimum atomic E-state index is -0.833. The van der Waals surface area contributed by atoms with Gasteiger partial charge in [0.15, 0.2) is 17.0 Å². The second-order valence-electron chi connectivity index (χ2n) is 8.82. The first-order valence-corrected chi connectivity index (χ1v) is 11.3. The second kappa shape index (κ2) is 9.77. The van der Waals surface area contributed by atoms with E-state index in [4.69, 9.17) is 4.74 Å². The van der Waals surface area contributed by atoms with Crippen molar-refractivity contribution >= 4 is 28.8 Å². The maximum atomic E-state index is 13.4. The molecule has 0 atom stereocenters. The molecule has 10 nitrogen and oxygen atoms in total. The predicted molar refractivity (Wildman–Crippen MR) is 125 cm³/mol. The van der Waals surface area contributed by atoms with Gasteiger partial charge in [0, 0.05) is 34.2 Å². The van der Waals surface area contributed by atoms with E-state index < -0.39 is 11.7 Å². The number of aryl methyl sites for hydroxylation is 1. The molecule has 3 heterocycles. The monoisotopic (exact) mass is 482 g/mol. The fraction of sp³-hybridized carbons (Fsp3) is 0.417. The maximum absolute atomic E-state index is 13.4. The zero-order valence-electron chi connectivity index (χ0n) is 20.1. The van der Waals surface area contributed by atoms with Crippen LogP contribution in [0.3, 0.4) is 0 Å². The topological polar surface area (TPSA) is 111 Å². The van der Waals surface area contributed by atoms with Crippen molar-refractivity contribution in [1.82, 2.24) is 29.5 Å². The highest BCUT2D eigenvalue weighted by molar-refractivity contribution is 6.43. The Morgan fingerprint density at radius 1 is 1.09 bits per heavy atom. The second-order valence-corrected chi connectivity index (χ2v) is 8.82. The zero-order chi connectivity index (χ0) is 25.3. The first-order chi connectivity index (χ1) is 16.7. The minimum Gasteiger partial charge on any atom is -0.479 e. The summed E-state index contributed by atoms with van der Waals surface area (Å²) in [7, 11) is 5.89. The molecule has 1 aliphatic heterocycles. The number of carbonyl (C=O) groups excluding carboxylic acids is 3. The van der Waals surface area contributed by atoms with Crippen molar-refractivity contribution in [3.05, 3.63) is 47.0 Å². The maximum Gasteiger partial charge on any atom is 0.296 e. The minimum absolute atomic E-state index is 0.0249. The van der Waals surface area contributed by atoms with E-state index in [1.165, 1.54) is 38.0 Å². The van der Waals surface area contributed by atoms with E-state index in [1.54, 1.807) is 24.1 Å². The number of hydrogen-bond acceptors (Lipinski definition) is 7. The molecule has 0 aliphatic carbocycles. The molecule has 1 aromatic carbocycles. The number of likely N-dealkylation sites (tertiary alicyclic amines) is 1. The number of aromatic nitrogens is 4. The fourth-order valence-electron chi connectivity index (χ4n) is 4.22. The van der Waals surface area contributed by atoms with Crippen LogP contribution in [0.25, 0.3) is 11.2 Å². The van der Waals surface area contributed by atoms with Crippen molar-refractivity contribution in [3.8, 4) is 5.88 Å². The van der Waals surface area contributed by atoms with Gasteiger partial charge in [-0.15, -0.1) is 0 Å².